The molecule has 0 aliphatic carbocycles. The van der Waals surface area contributed by atoms with Crippen LogP contribution in [0.3, 0.4) is 0 Å². The second-order valence-corrected chi connectivity index (χ2v) is 23.6. The first-order valence-corrected chi connectivity index (χ1v) is 21.3. The van der Waals surface area contributed by atoms with Gasteiger partial charge in [0.1, 0.15) is 17.8 Å². The summed E-state index contributed by atoms with van der Waals surface area (Å²) in [5.41, 5.74) is 0. The highest BCUT2D eigenvalue weighted by molar-refractivity contribution is 8.32. The Bertz CT molecular complexity index is 1140. The predicted molar refractivity (Wildman–Crippen MR) is 147 cm³/mol. The number of rotatable bonds is 9. The molecule has 0 saturated carbocycles. The Morgan fingerprint density at radius 2 is 0.941 bits per heavy atom. The van der Waals surface area contributed by atoms with Crippen LogP contribution >= 0.6 is 10.3 Å². The summed E-state index contributed by atoms with van der Waals surface area (Å²) < 4.78 is 42.2. The molecule has 5 nitrogen and oxygen atoms in total. The van der Waals surface area contributed by atoms with Crippen molar-refractivity contribution in [3.05, 3.63) is 78.9 Å². The topological polar surface area (TPSA) is 65.4 Å². The van der Waals surface area contributed by atoms with Gasteiger partial charge in [-0.3, -0.25) is 3.63 Å². The molecule has 1 N–H and O–H groups in total. The van der Waals surface area contributed by atoms with E-state index in [1.165, 1.54) is 0 Å². The Morgan fingerprint density at radius 3 is 1.26 bits per heavy atom. The monoisotopic (exact) mass is 535 g/mol. The molecule has 9 heteroatoms. The van der Waals surface area contributed by atoms with Crippen LogP contribution in [0.15, 0.2) is 93.5 Å². The third kappa shape index (κ3) is 6.99. The molecule has 3 aromatic carbocycles. The molecule has 0 fully saturated rings. The van der Waals surface area contributed by atoms with E-state index < -0.39 is 37.1 Å². The molecule has 3 rings (SSSR count). The van der Waals surface area contributed by atoms with Gasteiger partial charge < -0.3 is 8.85 Å². The lowest BCUT2D eigenvalue weighted by atomic mass is 10.3. The SMILES string of the molecule is C[Si](C)(C)Oc1ccc(S([OH+]S(C)(=O)=O)(c2ccccc2)c2ccc(O[Si](C)(C)C)cc2)cc1. The zero-order valence-electron chi connectivity index (χ0n) is 20.9. The third-order valence-corrected chi connectivity index (χ3v) is 11.0. The van der Waals surface area contributed by atoms with Gasteiger partial charge in [-0.05, 0) is 99.9 Å². The highest BCUT2D eigenvalue weighted by atomic mass is 32.3. The Morgan fingerprint density at radius 1 is 0.588 bits per heavy atom. The van der Waals surface area contributed by atoms with Crippen LogP contribution in [0.5, 0.6) is 11.5 Å². The van der Waals surface area contributed by atoms with Gasteiger partial charge in [0.15, 0.2) is 0 Å². The van der Waals surface area contributed by atoms with Crippen LogP contribution in [-0.2, 0) is 10.1 Å². The molecule has 184 valence electrons. The fourth-order valence-corrected chi connectivity index (χ4v) is 10.2. The van der Waals surface area contributed by atoms with E-state index in [4.69, 9.17) is 8.85 Å². The smallest absolute Gasteiger partial charge is 0.387 e. The normalized spacial score (nSPS) is 13.4. The maximum absolute atomic E-state index is 12.7. The van der Waals surface area contributed by atoms with E-state index in [0.29, 0.717) is 0 Å². The molecule has 0 atom stereocenters. The van der Waals surface area contributed by atoms with Crippen LogP contribution in [0.4, 0.5) is 0 Å². The summed E-state index contributed by atoms with van der Waals surface area (Å²) in [5.74, 6) is 1.56. The number of benzene rings is 3. The molecular formula is C25H35O5S2Si2+. The lowest BCUT2D eigenvalue weighted by molar-refractivity contribution is 0.392. The number of hydrogen-bond donors (Lipinski definition) is 0. The summed E-state index contributed by atoms with van der Waals surface area (Å²) in [6.07, 6.45) is 1.16. The summed E-state index contributed by atoms with van der Waals surface area (Å²) in [5, 5.41) is 0. The van der Waals surface area contributed by atoms with Gasteiger partial charge in [0.05, 0.1) is 25.0 Å². The molecule has 3 aromatic rings. The first-order chi connectivity index (χ1) is 15.7. The molecule has 0 heterocycles. The van der Waals surface area contributed by atoms with Crippen LogP contribution in [0.2, 0.25) is 39.3 Å². The standard InChI is InChI=1S/C25H34O5S2Si2/c1-31(26,27)30-32(23-11-9-8-10-12-23,24-17-13-21(14-18-24)28-33(2,3)4)25-19-15-22(16-20-25)29-34(5,6)7/h8-20H,1-7H3/p+1. The van der Waals surface area contributed by atoms with Crippen molar-refractivity contribution < 1.29 is 20.9 Å². The zero-order chi connectivity index (χ0) is 25.2. The molecule has 0 aliphatic heterocycles. The van der Waals surface area contributed by atoms with Crippen molar-refractivity contribution in [2.45, 2.75) is 54.0 Å². The lowest BCUT2D eigenvalue weighted by Gasteiger charge is -2.34. The first kappa shape index (κ1) is 26.6. The molecule has 0 aromatic heterocycles. The van der Waals surface area contributed by atoms with E-state index >= 15 is 0 Å². The van der Waals surface area contributed by atoms with E-state index in [1.54, 1.807) is 0 Å². The Labute approximate surface area is 208 Å². The van der Waals surface area contributed by atoms with Crippen LogP contribution in [0, 0.1) is 0 Å². The predicted octanol–water partition coefficient (Wildman–Crippen LogP) is 7.36. The largest absolute Gasteiger partial charge is 0.544 e. The highest BCUT2D eigenvalue weighted by Crippen LogP contribution is 2.68. The zero-order valence-corrected chi connectivity index (χ0v) is 24.5. The summed E-state index contributed by atoms with van der Waals surface area (Å²) in [6.45, 7) is 12.8. The van der Waals surface area contributed by atoms with Gasteiger partial charge in [-0.15, -0.1) is 0 Å². The van der Waals surface area contributed by atoms with Gasteiger partial charge in [-0.1, -0.05) is 18.2 Å². The van der Waals surface area contributed by atoms with Crippen molar-refractivity contribution in [2.75, 3.05) is 6.26 Å². The minimum Gasteiger partial charge on any atom is -0.544 e. The van der Waals surface area contributed by atoms with Gasteiger partial charge in [-0.2, -0.15) is 8.42 Å². The van der Waals surface area contributed by atoms with Gasteiger partial charge in [-0.25, -0.2) is 0 Å². The van der Waals surface area contributed by atoms with Crippen molar-refractivity contribution in [3.8, 4) is 11.5 Å². The average molecular weight is 536 g/mol. The third-order valence-electron chi connectivity index (χ3n) is 4.51. The van der Waals surface area contributed by atoms with Crippen LogP contribution < -0.4 is 8.85 Å². The van der Waals surface area contributed by atoms with Crippen LogP contribution in [0.1, 0.15) is 0 Å². The van der Waals surface area contributed by atoms with Crippen molar-refractivity contribution >= 4 is 37.1 Å². The van der Waals surface area contributed by atoms with Gasteiger partial charge in [0, 0.05) is 0 Å². The molecule has 0 aliphatic rings. The Kier molecular flexibility index (Phi) is 7.74. The van der Waals surface area contributed by atoms with E-state index in [2.05, 4.69) is 42.9 Å². The Balaban J connectivity index is 2.22. The van der Waals surface area contributed by atoms with Gasteiger partial charge >= 0.3 is 10.1 Å². The van der Waals surface area contributed by atoms with Crippen LogP contribution in [-0.4, -0.2) is 34.9 Å². The van der Waals surface area contributed by atoms with Crippen molar-refractivity contribution in [1.29, 1.82) is 0 Å². The van der Waals surface area contributed by atoms with E-state index in [0.717, 1.165) is 32.4 Å². The van der Waals surface area contributed by atoms with Crippen LogP contribution in [0.25, 0.3) is 0 Å². The fraction of sp³-hybridized carbons (Fsp3) is 0.280. The molecule has 34 heavy (non-hydrogen) atoms. The second-order valence-electron chi connectivity index (χ2n) is 10.1. The molecule has 0 bridgehead atoms. The maximum atomic E-state index is 12.7. The highest BCUT2D eigenvalue weighted by Gasteiger charge is 2.41. The summed E-state index contributed by atoms with van der Waals surface area (Å²) in [6, 6.07) is 25.1. The van der Waals surface area contributed by atoms with E-state index in [9.17, 15) is 8.42 Å². The average Bonchev–Trinajstić information content (AvgIpc) is 2.71. The van der Waals surface area contributed by atoms with E-state index in [1.807, 2.05) is 78.9 Å². The van der Waals surface area contributed by atoms with Gasteiger partial charge in [0.2, 0.25) is 16.6 Å². The Hall–Kier alpha value is -2.05. The fourth-order valence-electron chi connectivity index (χ4n) is 3.47. The lowest BCUT2D eigenvalue weighted by Crippen LogP contribution is -2.29. The molecule has 0 unspecified atom stereocenters. The molecule has 0 radical (unpaired) electrons. The molecular weight excluding hydrogens is 501 g/mol. The molecule has 0 spiro atoms. The summed E-state index contributed by atoms with van der Waals surface area (Å²) >= 11 is 0. The quantitative estimate of drug-likeness (QED) is 0.163. The van der Waals surface area contributed by atoms with Crippen molar-refractivity contribution in [1.82, 2.24) is 0 Å². The van der Waals surface area contributed by atoms with Gasteiger partial charge in [0.25, 0.3) is 0 Å². The summed E-state index contributed by atoms with van der Waals surface area (Å²) in [4.78, 5) is 2.50. The second kappa shape index (κ2) is 9.90. The van der Waals surface area contributed by atoms with E-state index in [-0.39, 0.29) is 0 Å². The molecule has 0 amide bonds. The minimum atomic E-state index is -3.69. The maximum Gasteiger partial charge on any atom is 0.387 e. The molecule has 0 saturated heterocycles. The van der Waals surface area contributed by atoms with Crippen molar-refractivity contribution in [2.24, 2.45) is 0 Å². The first-order valence-electron chi connectivity index (χ1n) is 11.1. The minimum absolute atomic E-state index is 0.780. The number of hydrogen-bond acceptors (Lipinski definition) is 4. The van der Waals surface area contributed by atoms with Crippen molar-refractivity contribution in [3.63, 3.8) is 0 Å². The summed E-state index contributed by atoms with van der Waals surface area (Å²) in [7, 11) is -9.71.